The molecule has 1 aromatic carbocycles. The van der Waals surface area contributed by atoms with E-state index in [-0.39, 0.29) is 35.4 Å². The van der Waals surface area contributed by atoms with Gasteiger partial charge in [0.1, 0.15) is 11.9 Å². The number of methoxy groups -OCH3 is 1. The number of rotatable bonds is 6. The molecule has 4 atom stereocenters. The summed E-state index contributed by atoms with van der Waals surface area (Å²) in [5.41, 5.74) is 1.23. The number of nitrogens with one attached hydrogen (secondary N) is 1. The van der Waals surface area contributed by atoms with Crippen molar-refractivity contribution < 1.29 is 27.4 Å². The zero-order valence-electron chi connectivity index (χ0n) is 21.1. The third kappa shape index (κ3) is 4.80. The van der Waals surface area contributed by atoms with Crippen LogP contribution in [0.2, 0.25) is 5.02 Å². The first kappa shape index (κ1) is 26.8. The number of fused-ring (bicyclic) bond motifs is 3. The lowest BCUT2D eigenvalue weighted by atomic mass is 9.86. The van der Waals surface area contributed by atoms with Crippen LogP contribution in [0.15, 0.2) is 46.0 Å². The first-order chi connectivity index (χ1) is 18.7. The number of sulfonamides is 1. The molecule has 9 nitrogen and oxygen atoms in total. The van der Waals surface area contributed by atoms with E-state index in [4.69, 9.17) is 21.3 Å². The fraction of sp³-hybridized carbons (Fsp3) is 0.500. The summed E-state index contributed by atoms with van der Waals surface area (Å²) in [4.78, 5) is 24.3. The summed E-state index contributed by atoms with van der Waals surface area (Å²) < 4.78 is 49.2. The molecule has 3 unspecified atom stereocenters. The van der Waals surface area contributed by atoms with Crippen LogP contribution in [0.1, 0.15) is 48.7 Å². The molecule has 2 aliphatic carbocycles. The molecule has 4 aliphatic rings. The monoisotopic (exact) mass is 594 g/mol. The Bertz CT molecular complexity index is 1450. The number of amidine groups is 1. The molecule has 1 saturated heterocycles. The summed E-state index contributed by atoms with van der Waals surface area (Å²) in [5, 5.41) is 12.1. The number of aliphatic hydroxyl groups excluding tert-OH is 1. The fourth-order valence-electron chi connectivity index (χ4n) is 6.75. The van der Waals surface area contributed by atoms with Crippen LogP contribution in [0.25, 0.3) is 0 Å². The van der Waals surface area contributed by atoms with Crippen molar-refractivity contribution in [3.63, 3.8) is 0 Å². The maximum atomic E-state index is 13.9. The Hall–Kier alpha value is -2.38. The van der Waals surface area contributed by atoms with Crippen molar-refractivity contribution in [1.82, 2.24) is 14.6 Å². The Balaban J connectivity index is 1.38. The van der Waals surface area contributed by atoms with Crippen LogP contribution in [0.5, 0.6) is 0 Å². The lowest BCUT2D eigenvalue weighted by molar-refractivity contribution is -0.136. The van der Waals surface area contributed by atoms with Crippen LogP contribution >= 0.6 is 22.9 Å². The van der Waals surface area contributed by atoms with Gasteiger partial charge in [-0.1, -0.05) is 17.7 Å². The number of thiazole rings is 1. The van der Waals surface area contributed by atoms with Crippen molar-refractivity contribution >= 4 is 44.8 Å². The van der Waals surface area contributed by atoms with E-state index in [1.807, 2.05) is 4.90 Å². The van der Waals surface area contributed by atoms with Gasteiger partial charge in [-0.05, 0) is 49.7 Å². The molecule has 208 valence electrons. The normalized spacial score (nSPS) is 30.4. The fourth-order valence-corrected chi connectivity index (χ4v) is 9.95. The second kappa shape index (κ2) is 10.2. The van der Waals surface area contributed by atoms with E-state index in [1.165, 1.54) is 36.6 Å². The van der Waals surface area contributed by atoms with Crippen LogP contribution in [-0.2, 0) is 19.6 Å². The third-order valence-corrected chi connectivity index (χ3v) is 11.5. The van der Waals surface area contributed by atoms with E-state index in [1.54, 1.807) is 11.6 Å². The second-order valence-electron chi connectivity index (χ2n) is 10.6. The minimum atomic E-state index is -3.70. The number of carbonyl (C=O) groups excluding carboxylic acids is 1. The first-order valence-corrected chi connectivity index (χ1v) is 15.7. The zero-order valence-corrected chi connectivity index (χ0v) is 23.5. The van der Waals surface area contributed by atoms with E-state index in [0.717, 1.165) is 12.8 Å². The van der Waals surface area contributed by atoms with Gasteiger partial charge in [-0.15, -0.1) is 11.3 Å². The predicted molar refractivity (Wildman–Crippen MR) is 144 cm³/mol. The molecule has 3 fully saturated rings. The van der Waals surface area contributed by atoms with Crippen LogP contribution < -0.4 is 4.72 Å². The maximum absolute atomic E-state index is 13.9. The number of aliphatic imine (C=N–C) groups is 1. The number of aromatic nitrogens is 1. The summed E-state index contributed by atoms with van der Waals surface area (Å²) in [6.07, 6.45) is 4.01. The minimum absolute atomic E-state index is 0.0671. The van der Waals surface area contributed by atoms with Gasteiger partial charge in [0.2, 0.25) is 10.0 Å². The number of esters is 1. The van der Waals surface area contributed by atoms with Crippen LogP contribution in [0, 0.1) is 17.7 Å². The van der Waals surface area contributed by atoms with Gasteiger partial charge in [0.25, 0.3) is 0 Å². The molecule has 6 rings (SSSR count). The standard InChI is InChI=1S/C26H28ClFN4O5S2/c1-37-26(34)21-20-11-16(31-39(35,36)23-13-2-3-14(23)9-17(33)8-13)12-32(20)24(25-29-6-7-38-25)30-22(21)18-5-4-15(28)10-19(18)27/h4-7,10,13-14,16-17,22-23,31,33H,2-3,8-9,11-12H2,1H3/t13?,14?,16?,17?,22-,23?/m0/s1. The number of benzene rings is 1. The molecule has 0 spiro atoms. The largest absolute Gasteiger partial charge is 0.466 e. The average molecular weight is 595 g/mol. The molecule has 0 amide bonds. The quantitative estimate of drug-likeness (QED) is 0.492. The van der Waals surface area contributed by atoms with Crippen molar-refractivity contribution in [3.8, 4) is 0 Å². The van der Waals surface area contributed by atoms with Gasteiger partial charge in [-0.25, -0.2) is 27.3 Å². The van der Waals surface area contributed by atoms with Crippen LogP contribution in [0.4, 0.5) is 4.39 Å². The van der Waals surface area contributed by atoms with Gasteiger partial charge in [-0.3, -0.25) is 4.99 Å². The van der Waals surface area contributed by atoms with Crippen molar-refractivity contribution in [2.75, 3.05) is 13.7 Å². The first-order valence-electron chi connectivity index (χ1n) is 12.9. The number of nitrogens with zero attached hydrogens (tertiary/aromatic N) is 3. The number of carbonyl (C=O) groups is 1. The Morgan fingerprint density at radius 3 is 2.67 bits per heavy atom. The number of halogens is 2. The zero-order chi connectivity index (χ0) is 27.5. The summed E-state index contributed by atoms with van der Waals surface area (Å²) >= 11 is 7.78. The van der Waals surface area contributed by atoms with Gasteiger partial charge < -0.3 is 14.7 Å². The van der Waals surface area contributed by atoms with Crippen molar-refractivity contribution in [2.45, 2.75) is 55.5 Å². The van der Waals surface area contributed by atoms with E-state index in [0.29, 0.717) is 34.9 Å². The predicted octanol–water partition coefficient (Wildman–Crippen LogP) is 3.41. The smallest absolute Gasteiger partial charge is 0.338 e. The van der Waals surface area contributed by atoms with Crippen molar-refractivity contribution in [1.29, 1.82) is 0 Å². The van der Waals surface area contributed by atoms with E-state index in [9.17, 15) is 22.7 Å². The van der Waals surface area contributed by atoms with Gasteiger partial charge in [0, 0.05) is 46.9 Å². The molecular formula is C26H28ClFN4O5S2. The minimum Gasteiger partial charge on any atom is -0.466 e. The third-order valence-electron chi connectivity index (χ3n) is 8.22. The summed E-state index contributed by atoms with van der Waals surface area (Å²) in [5.74, 6) is -0.784. The Morgan fingerprint density at radius 1 is 1.28 bits per heavy atom. The summed E-state index contributed by atoms with van der Waals surface area (Å²) in [6.45, 7) is 0.252. The highest BCUT2D eigenvalue weighted by Crippen LogP contribution is 2.47. The molecule has 2 aliphatic heterocycles. The van der Waals surface area contributed by atoms with Gasteiger partial charge in [0.05, 0.1) is 24.0 Å². The number of aliphatic hydroxyl groups is 1. The maximum Gasteiger partial charge on any atom is 0.338 e. The highest BCUT2D eigenvalue weighted by Gasteiger charge is 2.50. The lowest BCUT2D eigenvalue weighted by Crippen LogP contribution is -2.48. The molecule has 2 bridgehead atoms. The molecule has 13 heteroatoms. The van der Waals surface area contributed by atoms with E-state index in [2.05, 4.69) is 9.71 Å². The Morgan fingerprint density at radius 2 is 2.03 bits per heavy atom. The molecule has 2 saturated carbocycles. The van der Waals surface area contributed by atoms with Gasteiger partial charge in [-0.2, -0.15) is 0 Å². The molecule has 2 aromatic rings. The Kier molecular flexibility index (Phi) is 7.03. The number of hydrogen-bond acceptors (Lipinski definition) is 9. The van der Waals surface area contributed by atoms with Gasteiger partial charge >= 0.3 is 5.97 Å². The average Bonchev–Trinajstić information content (AvgIpc) is 3.61. The summed E-state index contributed by atoms with van der Waals surface area (Å²) in [7, 11) is -2.43. The highest BCUT2D eigenvalue weighted by atomic mass is 35.5. The second-order valence-corrected chi connectivity index (χ2v) is 13.7. The Labute approximate surface area is 234 Å². The molecule has 3 heterocycles. The molecule has 2 N–H and O–H groups in total. The molecule has 1 aromatic heterocycles. The van der Waals surface area contributed by atoms with Gasteiger partial charge in [0.15, 0.2) is 10.8 Å². The van der Waals surface area contributed by atoms with Crippen LogP contribution in [-0.4, -0.2) is 66.3 Å². The molecule has 0 radical (unpaired) electrons. The van der Waals surface area contributed by atoms with E-state index < -0.39 is 45.2 Å². The molecular weight excluding hydrogens is 567 g/mol. The SMILES string of the molecule is COC(=O)C1=C2CC(NS(=O)(=O)C3C4CCC3CC(O)C4)CN2C(c2nccs2)=N[C@H]1c1ccc(F)cc1Cl. The van der Waals surface area contributed by atoms with E-state index >= 15 is 0 Å². The summed E-state index contributed by atoms with van der Waals surface area (Å²) in [6, 6.07) is 2.51. The molecule has 39 heavy (non-hydrogen) atoms. The van der Waals surface area contributed by atoms with Crippen molar-refractivity contribution in [3.05, 3.63) is 62.5 Å². The number of hydrogen-bond donors (Lipinski definition) is 2. The topological polar surface area (TPSA) is 121 Å². The lowest BCUT2D eigenvalue weighted by Gasteiger charge is -2.33. The number of ether oxygens (including phenoxy) is 1. The van der Waals surface area contributed by atoms with Crippen LogP contribution in [0.3, 0.4) is 0 Å². The van der Waals surface area contributed by atoms with Crippen molar-refractivity contribution in [2.24, 2.45) is 16.8 Å². The highest BCUT2D eigenvalue weighted by molar-refractivity contribution is 7.90.